The van der Waals surface area contributed by atoms with Crippen molar-refractivity contribution in [2.45, 2.75) is 19.9 Å². The lowest BCUT2D eigenvalue weighted by Crippen LogP contribution is -2.18. The maximum absolute atomic E-state index is 11.1. The first kappa shape index (κ1) is 15.2. The summed E-state index contributed by atoms with van der Waals surface area (Å²) >= 11 is 1.61. The van der Waals surface area contributed by atoms with Crippen molar-refractivity contribution < 1.29 is 4.92 Å². The van der Waals surface area contributed by atoms with E-state index in [0.717, 1.165) is 4.88 Å². The third-order valence-electron chi connectivity index (χ3n) is 3.00. The summed E-state index contributed by atoms with van der Waals surface area (Å²) in [6.45, 7) is 4.12. The van der Waals surface area contributed by atoms with Crippen molar-refractivity contribution in [3.8, 4) is 0 Å². The van der Waals surface area contributed by atoms with Gasteiger partial charge >= 0.3 is 5.69 Å². The molecular formula is C13H17N5O2S. The number of hydrogen-bond donors (Lipinski definition) is 2. The van der Waals surface area contributed by atoms with Gasteiger partial charge in [-0.1, -0.05) is 19.9 Å². The average Bonchev–Trinajstić information content (AvgIpc) is 2.97. The maximum Gasteiger partial charge on any atom is 0.329 e. The van der Waals surface area contributed by atoms with Crippen LogP contribution in [0.5, 0.6) is 0 Å². The normalized spacial score (nSPS) is 12.2. The molecule has 0 spiro atoms. The second kappa shape index (κ2) is 6.49. The van der Waals surface area contributed by atoms with E-state index in [1.165, 1.54) is 6.20 Å². The van der Waals surface area contributed by atoms with E-state index < -0.39 is 4.92 Å². The van der Waals surface area contributed by atoms with Crippen LogP contribution in [0.25, 0.3) is 0 Å². The predicted molar refractivity (Wildman–Crippen MR) is 83.8 cm³/mol. The lowest BCUT2D eigenvalue weighted by molar-refractivity contribution is -0.384. The summed E-state index contributed by atoms with van der Waals surface area (Å²) in [6.07, 6.45) is 1.22. The number of nitrogens with zero attached hydrogens (tertiary/aromatic N) is 3. The summed E-state index contributed by atoms with van der Waals surface area (Å²) in [4.78, 5) is 19.8. The molecule has 0 fully saturated rings. The van der Waals surface area contributed by atoms with Crippen molar-refractivity contribution in [3.63, 3.8) is 0 Å². The molecule has 0 bridgehead atoms. The predicted octanol–water partition coefficient (Wildman–Crippen LogP) is 3.30. The van der Waals surface area contributed by atoms with E-state index >= 15 is 0 Å². The van der Waals surface area contributed by atoms with E-state index in [1.54, 1.807) is 18.4 Å². The minimum absolute atomic E-state index is 0.0386. The molecular weight excluding hydrogens is 290 g/mol. The molecule has 0 aliphatic carbocycles. The number of nitro groups is 1. The molecule has 0 amide bonds. The Labute approximate surface area is 126 Å². The van der Waals surface area contributed by atoms with Crippen LogP contribution in [0, 0.1) is 16.0 Å². The molecule has 2 aromatic heterocycles. The summed E-state index contributed by atoms with van der Waals surface area (Å²) in [7, 11) is 1.67. The van der Waals surface area contributed by atoms with Crippen molar-refractivity contribution in [1.82, 2.24) is 9.97 Å². The summed E-state index contributed by atoms with van der Waals surface area (Å²) in [5, 5.41) is 19.1. The fourth-order valence-corrected chi connectivity index (χ4v) is 2.87. The molecule has 1 atom stereocenters. The quantitative estimate of drug-likeness (QED) is 0.628. The average molecular weight is 307 g/mol. The summed E-state index contributed by atoms with van der Waals surface area (Å²) in [5.74, 6) is 0.833. The molecule has 2 N–H and O–H groups in total. The Kier molecular flexibility index (Phi) is 4.69. The van der Waals surface area contributed by atoms with Crippen molar-refractivity contribution >= 4 is 28.8 Å². The Hall–Kier alpha value is -2.22. The van der Waals surface area contributed by atoms with Crippen LogP contribution in [-0.4, -0.2) is 21.9 Å². The lowest BCUT2D eigenvalue weighted by atomic mass is 10.0. The third-order valence-corrected chi connectivity index (χ3v) is 3.95. The first-order valence-electron chi connectivity index (χ1n) is 6.52. The number of hydrogen-bond acceptors (Lipinski definition) is 7. The van der Waals surface area contributed by atoms with Gasteiger partial charge in [-0.3, -0.25) is 10.1 Å². The molecule has 0 radical (unpaired) electrons. The second-order valence-electron chi connectivity index (χ2n) is 4.82. The van der Waals surface area contributed by atoms with Crippen LogP contribution in [0.3, 0.4) is 0 Å². The molecule has 112 valence electrons. The van der Waals surface area contributed by atoms with Crippen LogP contribution in [0.1, 0.15) is 24.8 Å². The molecule has 1 unspecified atom stereocenters. The summed E-state index contributed by atoms with van der Waals surface area (Å²) in [6, 6.07) is 3.93. The van der Waals surface area contributed by atoms with Crippen LogP contribution in [0.4, 0.5) is 17.5 Å². The zero-order chi connectivity index (χ0) is 15.4. The molecule has 0 saturated heterocycles. The van der Waals surface area contributed by atoms with Gasteiger partial charge in [-0.05, 0) is 17.4 Å². The van der Waals surface area contributed by atoms with Crippen molar-refractivity contribution in [1.29, 1.82) is 0 Å². The van der Waals surface area contributed by atoms with Gasteiger partial charge in [0.15, 0.2) is 0 Å². The number of rotatable bonds is 6. The minimum Gasteiger partial charge on any atom is -0.357 e. The van der Waals surface area contributed by atoms with Crippen molar-refractivity contribution in [2.75, 3.05) is 17.7 Å². The monoisotopic (exact) mass is 307 g/mol. The molecule has 0 aliphatic heterocycles. The number of aromatic nitrogens is 2. The van der Waals surface area contributed by atoms with Gasteiger partial charge in [0.1, 0.15) is 6.20 Å². The zero-order valence-corrected chi connectivity index (χ0v) is 12.8. The van der Waals surface area contributed by atoms with Crippen LogP contribution >= 0.6 is 11.3 Å². The van der Waals surface area contributed by atoms with Crippen LogP contribution in [-0.2, 0) is 0 Å². The molecule has 0 aliphatic rings. The fourth-order valence-electron chi connectivity index (χ4n) is 1.92. The Balaban J connectivity index is 2.37. The lowest BCUT2D eigenvalue weighted by Gasteiger charge is -2.21. The highest BCUT2D eigenvalue weighted by molar-refractivity contribution is 7.10. The Morgan fingerprint density at radius 2 is 2.19 bits per heavy atom. The summed E-state index contributed by atoms with van der Waals surface area (Å²) < 4.78 is 0. The zero-order valence-electron chi connectivity index (χ0n) is 12.0. The minimum atomic E-state index is -0.479. The molecule has 7 nitrogen and oxygen atoms in total. The molecule has 2 heterocycles. The first-order chi connectivity index (χ1) is 10.0. The molecule has 21 heavy (non-hydrogen) atoms. The van der Waals surface area contributed by atoms with Gasteiger partial charge in [-0.25, -0.2) is 4.98 Å². The van der Waals surface area contributed by atoms with Gasteiger partial charge in [-0.15, -0.1) is 11.3 Å². The second-order valence-corrected chi connectivity index (χ2v) is 5.80. The SMILES string of the molecule is CNc1ncc([N+](=O)[O-])c(NC(c2cccs2)C(C)C)n1. The van der Waals surface area contributed by atoms with E-state index in [-0.39, 0.29) is 23.5 Å². The Morgan fingerprint density at radius 3 is 2.71 bits per heavy atom. The van der Waals surface area contributed by atoms with E-state index in [2.05, 4.69) is 34.4 Å². The van der Waals surface area contributed by atoms with E-state index in [4.69, 9.17) is 0 Å². The van der Waals surface area contributed by atoms with Crippen LogP contribution in [0.15, 0.2) is 23.7 Å². The molecule has 2 rings (SSSR count). The Bertz CT molecular complexity index is 615. The largest absolute Gasteiger partial charge is 0.357 e. The van der Waals surface area contributed by atoms with Gasteiger partial charge in [-0.2, -0.15) is 4.98 Å². The van der Waals surface area contributed by atoms with Crippen molar-refractivity contribution in [3.05, 3.63) is 38.7 Å². The van der Waals surface area contributed by atoms with Gasteiger partial charge < -0.3 is 10.6 Å². The van der Waals surface area contributed by atoms with Gasteiger partial charge in [0, 0.05) is 11.9 Å². The molecule has 8 heteroatoms. The van der Waals surface area contributed by atoms with Crippen LogP contribution < -0.4 is 10.6 Å². The van der Waals surface area contributed by atoms with Gasteiger partial charge in [0.05, 0.1) is 11.0 Å². The fraction of sp³-hybridized carbons (Fsp3) is 0.385. The van der Waals surface area contributed by atoms with Gasteiger partial charge in [0.25, 0.3) is 0 Å². The molecule has 0 saturated carbocycles. The third kappa shape index (κ3) is 3.46. The smallest absolute Gasteiger partial charge is 0.329 e. The summed E-state index contributed by atoms with van der Waals surface area (Å²) in [5.41, 5.74) is -0.129. The number of thiophene rings is 1. The molecule has 2 aromatic rings. The van der Waals surface area contributed by atoms with Crippen LogP contribution in [0.2, 0.25) is 0 Å². The standard InChI is InChI=1S/C13H17N5O2S/c1-8(2)11(10-5-4-6-21-10)16-12-9(18(19)20)7-15-13(14-3)17-12/h4-8,11H,1-3H3,(H2,14,15,16,17). The number of nitrogens with one attached hydrogen (secondary N) is 2. The highest BCUT2D eigenvalue weighted by Crippen LogP contribution is 2.32. The molecule has 0 aromatic carbocycles. The maximum atomic E-state index is 11.1. The van der Waals surface area contributed by atoms with E-state index in [9.17, 15) is 10.1 Å². The van der Waals surface area contributed by atoms with Crippen molar-refractivity contribution in [2.24, 2.45) is 5.92 Å². The number of anilines is 2. The highest BCUT2D eigenvalue weighted by Gasteiger charge is 2.23. The van der Waals surface area contributed by atoms with E-state index in [1.807, 2.05) is 17.5 Å². The van der Waals surface area contributed by atoms with Gasteiger partial charge in [0.2, 0.25) is 11.8 Å². The highest BCUT2D eigenvalue weighted by atomic mass is 32.1. The van der Waals surface area contributed by atoms with E-state index in [0.29, 0.717) is 5.95 Å². The first-order valence-corrected chi connectivity index (χ1v) is 7.40. The topological polar surface area (TPSA) is 93.0 Å². The Morgan fingerprint density at radius 1 is 1.43 bits per heavy atom.